The van der Waals surface area contributed by atoms with E-state index in [1.54, 1.807) is 0 Å². The van der Waals surface area contributed by atoms with Gasteiger partial charge in [0.25, 0.3) is 0 Å². The fourth-order valence-corrected chi connectivity index (χ4v) is 3.59. The molecule has 0 aromatic carbocycles. The average molecular weight is 431 g/mol. The molecule has 0 aromatic rings. The van der Waals surface area contributed by atoms with Crippen LogP contribution in [0.5, 0.6) is 0 Å². The predicted molar refractivity (Wildman–Crippen MR) is 115 cm³/mol. The highest BCUT2D eigenvalue weighted by Gasteiger charge is 2.19. The molecule has 176 valence electrons. The number of unbranched alkanes of at least 4 members (excludes halogenated alkanes) is 5. The van der Waals surface area contributed by atoms with Gasteiger partial charge in [0.1, 0.15) is 12.2 Å². The molecule has 1 saturated heterocycles. The maximum atomic E-state index is 12.2. The summed E-state index contributed by atoms with van der Waals surface area (Å²) in [7, 11) is 0. The maximum Gasteiger partial charge on any atom is 0.407 e. The summed E-state index contributed by atoms with van der Waals surface area (Å²) in [4.78, 5) is 26.4. The normalized spacial score (nSPS) is 15.3. The molecule has 8 nitrogen and oxygen atoms in total. The molecule has 1 heterocycles. The first-order chi connectivity index (χ1) is 14.6. The van der Waals surface area contributed by atoms with Gasteiger partial charge in [0.15, 0.2) is 0 Å². The summed E-state index contributed by atoms with van der Waals surface area (Å²) >= 11 is 0. The molecule has 1 aliphatic heterocycles. The zero-order chi connectivity index (χ0) is 22.0. The lowest BCUT2D eigenvalue weighted by atomic mass is 10.0. The number of alkyl carbamates (subject to hydrolysis) is 1. The number of carbonyl (C=O) groups excluding carboxylic acids is 2. The summed E-state index contributed by atoms with van der Waals surface area (Å²) in [6.45, 7) is 4.90. The quantitative estimate of drug-likeness (QED) is 0.240. The van der Waals surface area contributed by atoms with E-state index in [1.165, 1.54) is 38.5 Å². The lowest BCUT2D eigenvalue weighted by Crippen LogP contribution is -2.35. The number of carbonyl (C=O) groups is 2. The third kappa shape index (κ3) is 13.0. The SMILES string of the molecule is CCCCCCCCC(CCC(=O)OC(CO)CO)OC(=O)NCCN1CCCC1. The first kappa shape index (κ1) is 26.7. The molecule has 3 N–H and O–H groups in total. The van der Waals surface area contributed by atoms with Crippen LogP contribution in [0.2, 0.25) is 0 Å². The maximum absolute atomic E-state index is 12.2. The molecule has 1 rings (SSSR count). The summed E-state index contributed by atoms with van der Waals surface area (Å²) in [5, 5.41) is 20.8. The third-order valence-corrected chi connectivity index (χ3v) is 5.43. The first-order valence-corrected chi connectivity index (χ1v) is 11.7. The molecule has 0 saturated carbocycles. The van der Waals surface area contributed by atoms with Crippen molar-refractivity contribution in [1.29, 1.82) is 0 Å². The van der Waals surface area contributed by atoms with Gasteiger partial charge in [-0.2, -0.15) is 0 Å². The van der Waals surface area contributed by atoms with Crippen LogP contribution in [0.25, 0.3) is 0 Å². The topological polar surface area (TPSA) is 108 Å². The van der Waals surface area contributed by atoms with Gasteiger partial charge in [-0.05, 0) is 45.2 Å². The van der Waals surface area contributed by atoms with E-state index in [1.807, 2.05) is 0 Å². The van der Waals surface area contributed by atoms with Crippen molar-refractivity contribution in [3.63, 3.8) is 0 Å². The van der Waals surface area contributed by atoms with E-state index < -0.39 is 31.4 Å². The van der Waals surface area contributed by atoms with Gasteiger partial charge < -0.3 is 29.9 Å². The molecule has 8 heteroatoms. The highest BCUT2D eigenvalue weighted by molar-refractivity contribution is 5.70. The Balaban J connectivity index is 2.35. The fourth-order valence-electron chi connectivity index (χ4n) is 3.59. The van der Waals surface area contributed by atoms with Crippen molar-refractivity contribution >= 4 is 12.1 Å². The number of esters is 1. The second-order valence-corrected chi connectivity index (χ2v) is 8.07. The Morgan fingerprint density at radius 1 is 0.933 bits per heavy atom. The van der Waals surface area contributed by atoms with Crippen LogP contribution >= 0.6 is 0 Å². The summed E-state index contributed by atoms with van der Waals surface area (Å²) in [6.07, 6.45) is 8.76. The van der Waals surface area contributed by atoms with Crippen LogP contribution in [0.1, 0.15) is 77.6 Å². The molecule has 1 atom stereocenters. The Morgan fingerprint density at radius 2 is 1.60 bits per heavy atom. The van der Waals surface area contributed by atoms with Crippen LogP contribution in [0.15, 0.2) is 0 Å². The Bertz CT molecular complexity index is 453. The van der Waals surface area contributed by atoms with Crippen molar-refractivity contribution in [2.45, 2.75) is 89.8 Å². The first-order valence-electron chi connectivity index (χ1n) is 11.7. The van der Waals surface area contributed by atoms with E-state index in [0.29, 0.717) is 19.4 Å². The van der Waals surface area contributed by atoms with Crippen LogP contribution < -0.4 is 5.32 Å². The fraction of sp³-hybridized carbons (Fsp3) is 0.909. The van der Waals surface area contributed by atoms with Gasteiger partial charge in [-0.15, -0.1) is 0 Å². The van der Waals surface area contributed by atoms with E-state index in [-0.39, 0.29) is 12.5 Å². The number of rotatable bonds is 17. The average Bonchev–Trinajstić information content (AvgIpc) is 3.26. The Morgan fingerprint density at radius 3 is 2.27 bits per heavy atom. The van der Waals surface area contributed by atoms with Gasteiger partial charge in [0.05, 0.1) is 13.2 Å². The van der Waals surface area contributed by atoms with Crippen molar-refractivity contribution < 1.29 is 29.3 Å². The molecule has 30 heavy (non-hydrogen) atoms. The zero-order valence-electron chi connectivity index (χ0n) is 18.7. The van der Waals surface area contributed by atoms with Crippen LogP contribution in [0.4, 0.5) is 4.79 Å². The van der Waals surface area contributed by atoms with Crippen molar-refractivity contribution in [3.8, 4) is 0 Å². The van der Waals surface area contributed by atoms with E-state index in [0.717, 1.165) is 32.5 Å². The molecule has 0 spiro atoms. The number of ether oxygens (including phenoxy) is 2. The molecule has 1 unspecified atom stereocenters. The Hall–Kier alpha value is -1.38. The van der Waals surface area contributed by atoms with Crippen LogP contribution in [-0.2, 0) is 14.3 Å². The number of hydrogen-bond acceptors (Lipinski definition) is 7. The highest BCUT2D eigenvalue weighted by Crippen LogP contribution is 2.15. The van der Waals surface area contributed by atoms with E-state index in [9.17, 15) is 9.59 Å². The van der Waals surface area contributed by atoms with Gasteiger partial charge >= 0.3 is 12.1 Å². The molecular weight excluding hydrogens is 388 g/mol. The number of aliphatic hydroxyl groups is 2. The molecule has 0 radical (unpaired) electrons. The zero-order valence-corrected chi connectivity index (χ0v) is 18.7. The van der Waals surface area contributed by atoms with Crippen molar-refractivity contribution in [2.24, 2.45) is 0 Å². The second kappa shape index (κ2) is 17.3. The van der Waals surface area contributed by atoms with Crippen LogP contribution in [0, 0.1) is 0 Å². The van der Waals surface area contributed by atoms with Gasteiger partial charge in [-0.1, -0.05) is 39.0 Å². The number of hydrogen-bond donors (Lipinski definition) is 3. The van der Waals surface area contributed by atoms with Crippen molar-refractivity contribution in [1.82, 2.24) is 10.2 Å². The minimum Gasteiger partial charge on any atom is -0.457 e. The molecule has 1 amide bonds. The second-order valence-electron chi connectivity index (χ2n) is 8.07. The number of likely N-dealkylation sites (tertiary alicyclic amines) is 1. The summed E-state index contributed by atoms with van der Waals surface area (Å²) < 4.78 is 10.6. The Kier molecular flexibility index (Phi) is 15.4. The van der Waals surface area contributed by atoms with E-state index in [2.05, 4.69) is 17.1 Å². The van der Waals surface area contributed by atoms with Crippen LogP contribution in [-0.4, -0.2) is 78.8 Å². The molecule has 1 aliphatic rings. The Labute approximate surface area is 181 Å². The number of aliphatic hydroxyl groups excluding tert-OH is 2. The number of amides is 1. The lowest BCUT2D eigenvalue weighted by Gasteiger charge is -2.20. The van der Waals surface area contributed by atoms with Gasteiger partial charge in [-0.25, -0.2) is 4.79 Å². The number of nitrogens with zero attached hydrogens (tertiary/aromatic N) is 1. The monoisotopic (exact) mass is 430 g/mol. The van der Waals surface area contributed by atoms with Crippen molar-refractivity contribution in [2.75, 3.05) is 39.4 Å². The lowest BCUT2D eigenvalue weighted by molar-refractivity contribution is -0.154. The van der Waals surface area contributed by atoms with E-state index in [4.69, 9.17) is 19.7 Å². The molecule has 0 aliphatic carbocycles. The minimum atomic E-state index is -0.899. The summed E-state index contributed by atoms with van der Waals surface area (Å²) in [5.74, 6) is -0.505. The standard InChI is InChI=1S/C22H42N2O6/c1-2-3-4-5-6-7-10-19(11-12-21(27)29-20(17-25)18-26)30-22(28)23-13-16-24-14-8-9-15-24/h19-20,25-26H,2-18H2,1H3,(H,23,28). The molecule has 1 fully saturated rings. The van der Waals surface area contributed by atoms with Gasteiger partial charge in [0.2, 0.25) is 0 Å². The smallest absolute Gasteiger partial charge is 0.407 e. The minimum absolute atomic E-state index is 0.0814. The third-order valence-electron chi connectivity index (χ3n) is 5.43. The summed E-state index contributed by atoms with van der Waals surface area (Å²) in [5.41, 5.74) is 0. The van der Waals surface area contributed by atoms with Gasteiger partial charge in [-0.3, -0.25) is 4.79 Å². The molecule has 0 aromatic heterocycles. The predicted octanol–water partition coefficient (Wildman–Crippen LogP) is 2.60. The number of nitrogens with one attached hydrogen (secondary N) is 1. The largest absolute Gasteiger partial charge is 0.457 e. The highest BCUT2D eigenvalue weighted by atomic mass is 16.6. The summed E-state index contributed by atoms with van der Waals surface area (Å²) in [6, 6.07) is 0. The van der Waals surface area contributed by atoms with Crippen LogP contribution in [0.3, 0.4) is 0 Å². The van der Waals surface area contributed by atoms with Gasteiger partial charge in [0, 0.05) is 19.5 Å². The molecule has 0 bridgehead atoms. The van der Waals surface area contributed by atoms with E-state index >= 15 is 0 Å². The van der Waals surface area contributed by atoms with Crippen molar-refractivity contribution in [3.05, 3.63) is 0 Å². The molecular formula is C22H42N2O6.